The zero-order valence-electron chi connectivity index (χ0n) is 16.8. The number of nitrogens with two attached hydrogens (primary N) is 1. The van der Waals surface area contributed by atoms with Gasteiger partial charge in [-0.3, -0.25) is 9.48 Å². The molecule has 32 heavy (non-hydrogen) atoms. The van der Waals surface area contributed by atoms with Crippen LogP contribution in [0.3, 0.4) is 0 Å². The number of aryl methyl sites for hydroxylation is 1. The second-order valence-corrected chi connectivity index (χ2v) is 6.99. The van der Waals surface area contributed by atoms with Crippen molar-refractivity contribution in [2.75, 3.05) is 13.6 Å². The summed E-state index contributed by atoms with van der Waals surface area (Å²) in [4.78, 5) is 32.1. The van der Waals surface area contributed by atoms with Crippen molar-refractivity contribution in [3.63, 3.8) is 0 Å². The summed E-state index contributed by atoms with van der Waals surface area (Å²) in [6, 6.07) is 0.438. The molecule has 0 aromatic carbocycles. The molecule has 0 bridgehead atoms. The number of carbonyl (C=O) groups is 3. The predicted molar refractivity (Wildman–Crippen MR) is 95.8 cm³/mol. The van der Waals surface area contributed by atoms with Crippen LogP contribution in [0.1, 0.15) is 47.7 Å². The molecule has 1 aliphatic heterocycles. The van der Waals surface area contributed by atoms with Crippen LogP contribution in [0.15, 0.2) is 6.20 Å². The third-order valence-corrected chi connectivity index (χ3v) is 4.60. The van der Waals surface area contributed by atoms with E-state index in [1.165, 1.54) is 0 Å². The number of fused-ring (bicyclic) bond motifs is 1. The number of carboxylic acid groups (broad SMARTS) is 2. The molecule has 1 aromatic heterocycles. The minimum absolute atomic E-state index is 0.110. The molecule has 15 heteroatoms. The number of hydrogen-bond donors (Lipinski definition) is 3. The van der Waals surface area contributed by atoms with Crippen LogP contribution in [-0.4, -0.2) is 74.7 Å². The van der Waals surface area contributed by atoms with E-state index in [4.69, 9.17) is 25.5 Å². The van der Waals surface area contributed by atoms with Gasteiger partial charge in [0.25, 0.3) is 5.91 Å². The summed E-state index contributed by atoms with van der Waals surface area (Å²) in [7, 11) is 1.89. The summed E-state index contributed by atoms with van der Waals surface area (Å²) in [5.74, 6) is -5.12. The molecule has 3 rings (SSSR count). The second-order valence-electron chi connectivity index (χ2n) is 6.99. The largest absolute Gasteiger partial charge is 0.490 e. The first-order valence-corrected chi connectivity index (χ1v) is 9.24. The van der Waals surface area contributed by atoms with Gasteiger partial charge in [-0.1, -0.05) is 0 Å². The molecule has 1 amide bonds. The summed E-state index contributed by atoms with van der Waals surface area (Å²) in [6.07, 6.45) is -4.01. The van der Waals surface area contributed by atoms with E-state index < -0.39 is 24.3 Å². The van der Waals surface area contributed by atoms with Crippen molar-refractivity contribution in [1.29, 1.82) is 0 Å². The Morgan fingerprint density at radius 3 is 1.94 bits per heavy atom. The molecule has 1 aromatic rings. The van der Waals surface area contributed by atoms with Gasteiger partial charge in [-0.25, -0.2) is 9.59 Å². The van der Waals surface area contributed by atoms with E-state index in [0.717, 1.165) is 43.5 Å². The number of halogens is 6. The summed E-state index contributed by atoms with van der Waals surface area (Å²) < 4.78 is 65.4. The fraction of sp³-hybridized carbons (Fsp3) is 0.647. The van der Waals surface area contributed by atoms with Crippen molar-refractivity contribution < 1.29 is 50.9 Å². The number of alkyl halides is 6. The third-order valence-electron chi connectivity index (χ3n) is 4.60. The van der Waals surface area contributed by atoms with Gasteiger partial charge in [0.2, 0.25) is 0 Å². The second kappa shape index (κ2) is 10.7. The highest BCUT2D eigenvalue weighted by Gasteiger charge is 2.39. The topological polar surface area (TPSA) is 139 Å². The lowest BCUT2D eigenvalue weighted by molar-refractivity contribution is -0.193. The maximum Gasteiger partial charge on any atom is 0.490 e. The van der Waals surface area contributed by atoms with Crippen molar-refractivity contribution in [3.8, 4) is 0 Å². The van der Waals surface area contributed by atoms with E-state index in [1.54, 1.807) is 6.20 Å². The molecule has 182 valence electrons. The number of amides is 1. The maximum atomic E-state index is 12.5. The highest BCUT2D eigenvalue weighted by atomic mass is 19.4. The van der Waals surface area contributed by atoms with Crippen molar-refractivity contribution in [3.05, 3.63) is 17.5 Å². The standard InChI is InChI=1S/C13H20N4O.2C2HF3O2/c1-16(10-4-5-10)13(18)11-8-15-17-6-2-3-9(7-14)12(11)17;2*3-2(4,5)1(6)7/h8-10H,2-7,14H2,1H3;2*(H,6,7). The van der Waals surface area contributed by atoms with Crippen molar-refractivity contribution in [2.24, 2.45) is 5.73 Å². The zero-order valence-corrected chi connectivity index (χ0v) is 16.8. The maximum absolute atomic E-state index is 12.5. The van der Waals surface area contributed by atoms with E-state index in [2.05, 4.69) is 5.10 Å². The average molecular weight is 476 g/mol. The third kappa shape index (κ3) is 7.69. The normalized spacial score (nSPS) is 17.7. The monoisotopic (exact) mass is 476 g/mol. The molecule has 4 N–H and O–H groups in total. The smallest absolute Gasteiger partial charge is 0.475 e. The Bertz CT molecular complexity index is 795. The number of carboxylic acids is 2. The predicted octanol–water partition coefficient (Wildman–Crippen LogP) is 2.22. The van der Waals surface area contributed by atoms with Gasteiger partial charge in [0.1, 0.15) is 0 Å². The van der Waals surface area contributed by atoms with E-state index in [0.29, 0.717) is 12.6 Å². The van der Waals surface area contributed by atoms with Gasteiger partial charge in [0.15, 0.2) is 0 Å². The number of hydrogen-bond acceptors (Lipinski definition) is 5. The van der Waals surface area contributed by atoms with Crippen LogP contribution in [0.5, 0.6) is 0 Å². The van der Waals surface area contributed by atoms with E-state index in [9.17, 15) is 31.1 Å². The lowest BCUT2D eigenvalue weighted by atomic mass is 9.93. The molecule has 0 radical (unpaired) electrons. The Balaban J connectivity index is 0.000000305. The minimum atomic E-state index is -5.08. The number of carbonyl (C=O) groups excluding carboxylic acids is 1. The number of nitrogens with zero attached hydrogens (tertiary/aromatic N) is 3. The van der Waals surface area contributed by atoms with Gasteiger partial charge in [-0.05, 0) is 25.7 Å². The fourth-order valence-corrected chi connectivity index (χ4v) is 2.84. The quantitative estimate of drug-likeness (QED) is 0.569. The first-order chi connectivity index (χ1) is 14.6. The van der Waals surface area contributed by atoms with Gasteiger partial charge in [-0.2, -0.15) is 31.4 Å². The van der Waals surface area contributed by atoms with E-state index >= 15 is 0 Å². The number of aromatic nitrogens is 2. The van der Waals surface area contributed by atoms with Crippen molar-refractivity contribution >= 4 is 17.8 Å². The Morgan fingerprint density at radius 2 is 1.56 bits per heavy atom. The Kier molecular flexibility index (Phi) is 9.05. The van der Waals surface area contributed by atoms with Crippen LogP contribution in [0.4, 0.5) is 26.3 Å². The Hall–Kier alpha value is -2.84. The Labute approximate surface area is 177 Å². The van der Waals surface area contributed by atoms with Crippen LogP contribution in [0, 0.1) is 0 Å². The highest BCUT2D eigenvalue weighted by Crippen LogP contribution is 2.32. The lowest BCUT2D eigenvalue weighted by Gasteiger charge is -2.24. The first kappa shape index (κ1) is 27.2. The van der Waals surface area contributed by atoms with E-state index in [1.807, 2.05) is 16.6 Å². The Morgan fingerprint density at radius 1 is 1.09 bits per heavy atom. The molecule has 0 spiro atoms. The minimum Gasteiger partial charge on any atom is -0.475 e. The number of rotatable bonds is 3. The molecule has 1 unspecified atom stereocenters. The molecule has 0 saturated heterocycles. The summed E-state index contributed by atoms with van der Waals surface area (Å²) in [6.45, 7) is 1.51. The number of aliphatic carboxylic acids is 2. The molecule has 9 nitrogen and oxygen atoms in total. The van der Waals surface area contributed by atoms with Gasteiger partial charge in [0.05, 0.1) is 17.5 Å². The van der Waals surface area contributed by atoms with Crippen LogP contribution < -0.4 is 5.73 Å². The van der Waals surface area contributed by atoms with Crippen molar-refractivity contribution in [2.45, 2.75) is 56.5 Å². The highest BCUT2D eigenvalue weighted by molar-refractivity contribution is 5.95. The molecule has 1 saturated carbocycles. The molecular formula is C17H22F6N4O5. The zero-order chi connectivity index (χ0) is 24.9. The summed E-state index contributed by atoms with van der Waals surface area (Å²) >= 11 is 0. The van der Waals surface area contributed by atoms with Crippen LogP contribution >= 0.6 is 0 Å². The van der Waals surface area contributed by atoms with Crippen molar-refractivity contribution in [1.82, 2.24) is 14.7 Å². The first-order valence-electron chi connectivity index (χ1n) is 9.24. The van der Waals surface area contributed by atoms with Gasteiger partial charge < -0.3 is 20.8 Å². The van der Waals surface area contributed by atoms with Crippen LogP contribution in [0.2, 0.25) is 0 Å². The lowest BCUT2D eigenvalue weighted by Crippen LogP contribution is -2.31. The van der Waals surface area contributed by atoms with Gasteiger partial charge in [-0.15, -0.1) is 0 Å². The molecule has 2 heterocycles. The molecule has 1 aliphatic carbocycles. The molecular weight excluding hydrogens is 454 g/mol. The molecule has 2 aliphatic rings. The van der Waals surface area contributed by atoms with Gasteiger partial charge >= 0.3 is 24.3 Å². The van der Waals surface area contributed by atoms with Crippen LogP contribution in [-0.2, 0) is 16.1 Å². The van der Waals surface area contributed by atoms with Gasteiger partial charge in [0, 0.05) is 32.1 Å². The fourth-order valence-electron chi connectivity index (χ4n) is 2.84. The average Bonchev–Trinajstić information content (AvgIpc) is 3.44. The SMILES string of the molecule is CN(C(=O)c1cnn2c1C(CN)CCC2)C1CC1.O=C(O)C(F)(F)F.O=C(O)C(F)(F)F. The van der Waals surface area contributed by atoms with Crippen LogP contribution in [0.25, 0.3) is 0 Å². The summed E-state index contributed by atoms with van der Waals surface area (Å²) in [5, 5.41) is 18.6. The van der Waals surface area contributed by atoms with E-state index in [-0.39, 0.29) is 11.8 Å². The summed E-state index contributed by atoms with van der Waals surface area (Å²) in [5.41, 5.74) is 7.65. The molecule has 1 fully saturated rings. The molecule has 1 atom stereocenters.